The van der Waals surface area contributed by atoms with E-state index in [1.807, 2.05) is 0 Å². The van der Waals surface area contributed by atoms with Crippen molar-refractivity contribution in [2.24, 2.45) is 5.92 Å². The molecule has 1 aliphatic heterocycles. The molecule has 1 fully saturated rings. The lowest BCUT2D eigenvalue weighted by atomic mass is 9.93. The quantitative estimate of drug-likeness (QED) is 0.875. The van der Waals surface area contributed by atoms with Crippen molar-refractivity contribution in [2.45, 2.75) is 39.7 Å². The van der Waals surface area contributed by atoms with Crippen LogP contribution in [0.4, 0.5) is 0 Å². The maximum absolute atomic E-state index is 3.26. The van der Waals surface area contributed by atoms with Gasteiger partial charge in [-0.3, -0.25) is 4.90 Å². The minimum absolute atomic E-state index is 0.933. The minimum atomic E-state index is 0.933. The molecule has 2 heteroatoms. The van der Waals surface area contributed by atoms with Gasteiger partial charge in [0.25, 0.3) is 0 Å². The van der Waals surface area contributed by atoms with E-state index in [0.29, 0.717) is 0 Å². The van der Waals surface area contributed by atoms with Crippen molar-refractivity contribution in [2.75, 3.05) is 26.7 Å². The summed E-state index contributed by atoms with van der Waals surface area (Å²) in [5.74, 6) is 0.933. The third-order valence-corrected chi connectivity index (χ3v) is 4.20. The molecule has 0 saturated carbocycles. The highest BCUT2D eigenvalue weighted by atomic mass is 15.1. The van der Waals surface area contributed by atoms with Crippen LogP contribution in [0.1, 0.15) is 36.0 Å². The number of aryl methyl sites for hydroxylation is 2. The van der Waals surface area contributed by atoms with Crippen molar-refractivity contribution < 1.29 is 0 Å². The smallest absolute Gasteiger partial charge is 0.0233 e. The number of hydrogen-bond donors (Lipinski definition) is 1. The first-order valence-electron chi connectivity index (χ1n) is 7.61. The van der Waals surface area contributed by atoms with Crippen LogP contribution in [-0.4, -0.2) is 31.6 Å². The van der Waals surface area contributed by atoms with Crippen LogP contribution >= 0.6 is 0 Å². The zero-order chi connectivity index (χ0) is 13.7. The molecule has 0 unspecified atom stereocenters. The molecule has 0 bridgehead atoms. The van der Waals surface area contributed by atoms with Gasteiger partial charge in [-0.25, -0.2) is 0 Å². The Morgan fingerprint density at radius 3 is 2.32 bits per heavy atom. The number of nitrogens with zero attached hydrogens (tertiary/aromatic N) is 1. The first-order valence-corrected chi connectivity index (χ1v) is 7.61. The fourth-order valence-electron chi connectivity index (χ4n) is 3.20. The standard InChI is InChI=1S/C17H28N2/c1-14-10-15(2)12-17(11-14)13-19-8-5-16(6-9-19)4-7-18-3/h10-12,16,18H,4-9,13H2,1-3H3. The molecule has 1 saturated heterocycles. The second-order valence-electron chi connectivity index (χ2n) is 6.11. The molecular formula is C17H28N2. The Labute approximate surface area is 118 Å². The number of nitrogens with one attached hydrogen (secondary N) is 1. The van der Waals surface area contributed by atoms with E-state index in [1.54, 1.807) is 0 Å². The molecule has 1 heterocycles. The maximum atomic E-state index is 3.26. The van der Waals surface area contributed by atoms with E-state index in [1.165, 1.54) is 55.6 Å². The monoisotopic (exact) mass is 260 g/mol. The molecule has 0 spiro atoms. The van der Waals surface area contributed by atoms with Crippen LogP contribution in [0, 0.1) is 19.8 Å². The Morgan fingerprint density at radius 2 is 1.74 bits per heavy atom. The predicted octanol–water partition coefficient (Wildman–Crippen LogP) is 3.12. The summed E-state index contributed by atoms with van der Waals surface area (Å²) in [6.45, 7) is 9.21. The molecule has 1 aliphatic rings. The van der Waals surface area contributed by atoms with Gasteiger partial charge in [-0.05, 0) is 71.3 Å². The van der Waals surface area contributed by atoms with Crippen LogP contribution in [0.15, 0.2) is 18.2 Å². The first-order chi connectivity index (χ1) is 9.17. The highest BCUT2D eigenvalue weighted by Crippen LogP contribution is 2.22. The summed E-state index contributed by atoms with van der Waals surface area (Å²) in [6.07, 6.45) is 4.08. The third kappa shape index (κ3) is 4.63. The van der Waals surface area contributed by atoms with Gasteiger partial charge in [0.1, 0.15) is 0 Å². The number of rotatable bonds is 5. The van der Waals surface area contributed by atoms with Crippen LogP contribution in [-0.2, 0) is 6.54 Å². The van der Waals surface area contributed by atoms with Gasteiger partial charge in [0.05, 0.1) is 0 Å². The number of benzene rings is 1. The average molecular weight is 260 g/mol. The highest BCUT2D eigenvalue weighted by molar-refractivity contribution is 5.28. The Balaban J connectivity index is 1.82. The van der Waals surface area contributed by atoms with Gasteiger partial charge in [-0.2, -0.15) is 0 Å². The molecule has 0 atom stereocenters. The zero-order valence-corrected chi connectivity index (χ0v) is 12.7. The fraction of sp³-hybridized carbons (Fsp3) is 0.647. The third-order valence-electron chi connectivity index (χ3n) is 4.20. The number of hydrogen-bond acceptors (Lipinski definition) is 2. The lowest BCUT2D eigenvalue weighted by Gasteiger charge is -2.32. The van der Waals surface area contributed by atoms with Crippen molar-refractivity contribution in [3.8, 4) is 0 Å². The molecule has 106 valence electrons. The van der Waals surface area contributed by atoms with Gasteiger partial charge < -0.3 is 5.32 Å². The van der Waals surface area contributed by atoms with Gasteiger partial charge >= 0.3 is 0 Å². The summed E-state index contributed by atoms with van der Waals surface area (Å²) in [4.78, 5) is 2.62. The van der Waals surface area contributed by atoms with E-state index >= 15 is 0 Å². The van der Waals surface area contributed by atoms with Crippen LogP contribution in [0.25, 0.3) is 0 Å². The van der Waals surface area contributed by atoms with Crippen LogP contribution in [0.2, 0.25) is 0 Å². The summed E-state index contributed by atoms with van der Waals surface area (Å²) in [6, 6.07) is 6.92. The Bertz CT molecular complexity index is 372. The molecule has 1 N–H and O–H groups in total. The van der Waals surface area contributed by atoms with Crippen molar-refractivity contribution in [1.82, 2.24) is 10.2 Å². The maximum Gasteiger partial charge on any atom is 0.0233 e. The molecule has 1 aromatic carbocycles. The highest BCUT2D eigenvalue weighted by Gasteiger charge is 2.18. The summed E-state index contributed by atoms with van der Waals surface area (Å²) in [7, 11) is 2.05. The molecule has 2 nitrogen and oxygen atoms in total. The van der Waals surface area contributed by atoms with Gasteiger partial charge in [-0.1, -0.05) is 29.3 Å². The van der Waals surface area contributed by atoms with Crippen molar-refractivity contribution >= 4 is 0 Å². The van der Waals surface area contributed by atoms with Gasteiger partial charge in [0.15, 0.2) is 0 Å². The van der Waals surface area contributed by atoms with Crippen molar-refractivity contribution in [3.63, 3.8) is 0 Å². The largest absolute Gasteiger partial charge is 0.320 e. The number of likely N-dealkylation sites (tertiary alicyclic amines) is 1. The number of piperidine rings is 1. The summed E-state index contributed by atoms with van der Waals surface area (Å²) in [5.41, 5.74) is 4.25. The molecule has 1 aromatic rings. The SMILES string of the molecule is CNCCC1CCN(Cc2cc(C)cc(C)c2)CC1. The second kappa shape index (κ2) is 7.06. The van der Waals surface area contributed by atoms with Crippen LogP contribution < -0.4 is 5.32 Å². The summed E-state index contributed by atoms with van der Waals surface area (Å²) >= 11 is 0. The van der Waals surface area contributed by atoms with E-state index in [-0.39, 0.29) is 0 Å². The fourth-order valence-corrected chi connectivity index (χ4v) is 3.20. The van der Waals surface area contributed by atoms with E-state index in [4.69, 9.17) is 0 Å². The summed E-state index contributed by atoms with van der Waals surface area (Å²) in [5, 5.41) is 3.26. The summed E-state index contributed by atoms with van der Waals surface area (Å²) < 4.78 is 0. The van der Waals surface area contributed by atoms with Gasteiger partial charge in [-0.15, -0.1) is 0 Å². The molecule has 0 aliphatic carbocycles. The van der Waals surface area contributed by atoms with E-state index in [2.05, 4.69) is 49.3 Å². The molecule has 19 heavy (non-hydrogen) atoms. The normalized spacial score (nSPS) is 17.8. The zero-order valence-electron chi connectivity index (χ0n) is 12.7. The van der Waals surface area contributed by atoms with Crippen molar-refractivity contribution in [3.05, 3.63) is 34.9 Å². The van der Waals surface area contributed by atoms with E-state index < -0.39 is 0 Å². The molecule has 2 rings (SSSR count). The predicted molar refractivity (Wildman–Crippen MR) is 82.5 cm³/mol. The Morgan fingerprint density at radius 1 is 1.11 bits per heavy atom. The molecule has 0 aromatic heterocycles. The minimum Gasteiger partial charge on any atom is -0.320 e. The second-order valence-corrected chi connectivity index (χ2v) is 6.11. The Kier molecular flexibility index (Phi) is 5.41. The lowest BCUT2D eigenvalue weighted by Crippen LogP contribution is -2.34. The topological polar surface area (TPSA) is 15.3 Å². The first kappa shape index (κ1) is 14.5. The molecule has 0 radical (unpaired) electrons. The van der Waals surface area contributed by atoms with Crippen molar-refractivity contribution in [1.29, 1.82) is 0 Å². The van der Waals surface area contributed by atoms with E-state index in [9.17, 15) is 0 Å². The molecular weight excluding hydrogens is 232 g/mol. The lowest BCUT2D eigenvalue weighted by molar-refractivity contribution is 0.172. The van der Waals surface area contributed by atoms with Gasteiger partial charge in [0, 0.05) is 6.54 Å². The van der Waals surface area contributed by atoms with E-state index in [0.717, 1.165) is 12.5 Å². The van der Waals surface area contributed by atoms with Crippen LogP contribution in [0.5, 0.6) is 0 Å². The molecule has 0 amide bonds. The Hall–Kier alpha value is -0.860. The van der Waals surface area contributed by atoms with Crippen LogP contribution in [0.3, 0.4) is 0 Å². The average Bonchev–Trinajstić information content (AvgIpc) is 2.37. The van der Waals surface area contributed by atoms with Gasteiger partial charge in [0.2, 0.25) is 0 Å².